The normalized spacial score (nSPS) is 15.3. The van der Waals surface area contributed by atoms with Gasteiger partial charge in [-0.2, -0.15) is 12.7 Å². The van der Waals surface area contributed by atoms with Crippen molar-refractivity contribution < 1.29 is 22.0 Å². The number of aromatic nitrogens is 2. The number of carbonyl (C=O) groups is 1. The smallest absolute Gasteiger partial charge is 0.301 e. The first-order valence-electron chi connectivity index (χ1n) is 12.6. The van der Waals surface area contributed by atoms with Gasteiger partial charge in [-0.05, 0) is 30.3 Å². The molecule has 3 heterocycles. The van der Waals surface area contributed by atoms with Gasteiger partial charge in [0, 0.05) is 80.8 Å². The number of ketones is 1. The van der Waals surface area contributed by atoms with Crippen LogP contribution in [0.5, 0.6) is 0 Å². The highest BCUT2D eigenvalue weighted by Gasteiger charge is 2.30. The molecule has 0 bridgehead atoms. The number of benzene rings is 1. The van der Waals surface area contributed by atoms with E-state index in [4.69, 9.17) is 0 Å². The molecule has 2 aliphatic rings. The van der Waals surface area contributed by atoms with Crippen LogP contribution in [-0.4, -0.2) is 68.2 Å². The van der Waals surface area contributed by atoms with Crippen LogP contribution in [0.15, 0.2) is 48.8 Å². The van der Waals surface area contributed by atoms with Crippen LogP contribution in [0.25, 0.3) is 16.7 Å². The van der Waals surface area contributed by atoms with Crippen molar-refractivity contribution in [2.75, 3.05) is 49.4 Å². The van der Waals surface area contributed by atoms with Gasteiger partial charge in [0.1, 0.15) is 11.6 Å². The van der Waals surface area contributed by atoms with Crippen molar-refractivity contribution in [1.82, 2.24) is 19.6 Å². The van der Waals surface area contributed by atoms with Gasteiger partial charge in [-0.1, -0.05) is 13.0 Å². The maximum absolute atomic E-state index is 15.4. The van der Waals surface area contributed by atoms with Crippen molar-refractivity contribution in [3.05, 3.63) is 77.3 Å². The Balaban J connectivity index is 1.43. The zero-order valence-electron chi connectivity index (χ0n) is 21.5. The molecule has 9 nitrogen and oxygen atoms in total. The molecule has 1 fully saturated rings. The Morgan fingerprint density at radius 3 is 2.54 bits per heavy atom. The monoisotopic (exact) mass is 554 g/mol. The topological polar surface area (TPSA) is 108 Å². The molecule has 5 rings (SSSR count). The molecule has 0 atom stereocenters. The van der Waals surface area contributed by atoms with Crippen LogP contribution in [0, 0.1) is 11.6 Å². The van der Waals surface area contributed by atoms with Crippen LogP contribution in [0.2, 0.25) is 0 Å². The number of piperazine rings is 1. The van der Waals surface area contributed by atoms with Gasteiger partial charge in [-0.3, -0.25) is 14.5 Å². The van der Waals surface area contributed by atoms with Gasteiger partial charge in [0.2, 0.25) is 0 Å². The summed E-state index contributed by atoms with van der Waals surface area (Å²) in [6, 6.07) is 7.45. The minimum absolute atomic E-state index is 0.105. The lowest BCUT2D eigenvalue weighted by Crippen LogP contribution is -2.43. The van der Waals surface area contributed by atoms with Crippen molar-refractivity contribution >= 4 is 33.1 Å². The number of anilines is 2. The molecule has 0 spiro atoms. The molecule has 0 unspecified atom stereocenters. The number of halogens is 2. The van der Waals surface area contributed by atoms with Crippen molar-refractivity contribution in [3.63, 3.8) is 0 Å². The van der Waals surface area contributed by atoms with E-state index in [-0.39, 0.29) is 12.1 Å². The standard InChI is InChI=1S/C27H28F2N6O3S/c1-3-34(2)39(37,38)33-23-8-6-21(28)25(26(23)29)27(36)19-5-7-22-20(19)14-18(16-31-22)17-4-9-24(32-15-17)35-12-10-30-11-13-35/h4-6,8-9,14-16,30,33H,3,7,10-13H2,1-2H3. The molecule has 2 N–H and O–H groups in total. The third-order valence-corrected chi connectivity index (χ3v) is 8.50. The van der Waals surface area contributed by atoms with E-state index in [1.165, 1.54) is 7.05 Å². The zero-order valence-corrected chi connectivity index (χ0v) is 22.4. The number of fused-ring (bicyclic) bond motifs is 1. The van der Waals surface area contributed by atoms with Crippen molar-refractivity contribution in [3.8, 4) is 11.1 Å². The molecule has 204 valence electrons. The number of carbonyl (C=O) groups excluding carboxylic acids is 1. The SMILES string of the molecule is CCN(C)S(=O)(=O)Nc1ccc(F)c(C(=O)C2=CCc3ncc(-c4ccc(N5CCNCC5)nc4)cc32)c1F. The second-order valence-corrected chi connectivity index (χ2v) is 11.1. The second kappa shape index (κ2) is 10.8. The van der Waals surface area contributed by atoms with E-state index in [2.05, 4.69) is 24.9 Å². The average Bonchev–Trinajstić information content (AvgIpc) is 3.38. The fraction of sp³-hybridized carbons (Fsp3) is 0.296. The zero-order chi connectivity index (χ0) is 27.7. The Kier molecular flexibility index (Phi) is 7.43. The first-order chi connectivity index (χ1) is 18.7. The van der Waals surface area contributed by atoms with Gasteiger partial charge in [-0.25, -0.2) is 13.8 Å². The summed E-state index contributed by atoms with van der Waals surface area (Å²) in [7, 11) is -2.77. The van der Waals surface area contributed by atoms with Crippen LogP contribution in [0.1, 0.15) is 28.5 Å². The molecule has 0 radical (unpaired) electrons. The number of nitrogens with zero attached hydrogens (tertiary/aromatic N) is 4. The van der Waals surface area contributed by atoms with Gasteiger partial charge in [0.25, 0.3) is 0 Å². The summed E-state index contributed by atoms with van der Waals surface area (Å²) in [5, 5.41) is 3.31. The number of pyridine rings is 2. The quantitative estimate of drug-likeness (QED) is 0.412. The Labute approximate surface area is 225 Å². The van der Waals surface area contributed by atoms with Crippen LogP contribution in [-0.2, 0) is 16.6 Å². The van der Waals surface area contributed by atoms with E-state index in [1.54, 1.807) is 31.5 Å². The molecule has 2 aromatic heterocycles. The maximum Gasteiger partial charge on any atom is 0.301 e. The molecule has 1 saturated heterocycles. The van der Waals surface area contributed by atoms with E-state index in [1.807, 2.05) is 12.1 Å². The molecular formula is C27H28F2N6O3S. The molecule has 12 heteroatoms. The van der Waals surface area contributed by atoms with Gasteiger partial charge in [-0.15, -0.1) is 0 Å². The van der Waals surface area contributed by atoms with E-state index >= 15 is 4.39 Å². The summed E-state index contributed by atoms with van der Waals surface area (Å²) in [6.07, 6.45) is 5.33. The fourth-order valence-corrected chi connectivity index (χ4v) is 5.50. The summed E-state index contributed by atoms with van der Waals surface area (Å²) in [5.41, 5.74) is 1.33. The molecule has 39 heavy (non-hydrogen) atoms. The van der Waals surface area contributed by atoms with E-state index in [0.29, 0.717) is 23.2 Å². The lowest BCUT2D eigenvalue weighted by atomic mass is 9.96. The van der Waals surface area contributed by atoms with E-state index in [9.17, 15) is 17.6 Å². The third kappa shape index (κ3) is 5.27. The lowest BCUT2D eigenvalue weighted by molar-refractivity contribution is 0.104. The first kappa shape index (κ1) is 26.9. The van der Waals surface area contributed by atoms with Crippen LogP contribution >= 0.6 is 0 Å². The molecule has 0 amide bonds. The lowest BCUT2D eigenvalue weighted by Gasteiger charge is -2.28. The van der Waals surface area contributed by atoms with Crippen LogP contribution < -0.4 is 14.9 Å². The van der Waals surface area contributed by atoms with Crippen LogP contribution in [0.3, 0.4) is 0 Å². The maximum atomic E-state index is 15.4. The van der Waals surface area contributed by atoms with Crippen molar-refractivity contribution in [1.29, 1.82) is 0 Å². The van der Waals surface area contributed by atoms with Gasteiger partial charge < -0.3 is 10.2 Å². The molecule has 1 aliphatic carbocycles. The summed E-state index contributed by atoms with van der Waals surface area (Å²) in [4.78, 5) is 24.7. The minimum Gasteiger partial charge on any atom is -0.354 e. The molecule has 0 saturated carbocycles. The van der Waals surface area contributed by atoms with Gasteiger partial charge in [0.05, 0.1) is 16.9 Å². The Morgan fingerprint density at radius 2 is 1.85 bits per heavy atom. The number of Topliss-reactive ketones (excluding diaryl/α,β-unsaturated/α-hetero) is 1. The van der Waals surface area contributed by atoms with E-state index < -0.39 is 38.9 Å². The Hall–Kier alpha value is -3.74. The first-order valence-corrected chi connectivity index (χ1v) is 14.0. The van der Waals surface area contributed by atoms with Gasteiger partial charge >= 0.3 is 10.2 Å². The summed E-state index contributed by atoms with van der Waals surface area (Å²) in [5.74, 6) is -2.38. The molecule has 1 aromatic carbocycles. The predicted molar refractivity (Wildman–Crippen MR) is 146 cm³/mol. The largest absolute Gasteiger partial charge is 0.354 e. The number of hydrogen-bond acceptors (Lipinski definition) is 7. The van der Waals surface area contributed by atoms with Crippen molar-refractivity contribution in [2.45, 2.75) is 13.3 Å². The summed E-state index contributed by atoms with van der Waals surface area (Å²) in [6.45, 7) is 5.28. The minimum atomic E-state index is -4.08. The highest BCUT2D eigenvalue weighted by atomic mass is 32.2. The summed E-state index contributed by atoms with van der Waals surface area (Å²) < 4.78 is 58.0. The Bertz CT molecular complexity index is 1550. The van der Waals surface area contributed by atoms with E-state index in [0.717, 1.165) is 54.0 Å². The van der Waals surface area contributed by atoms with Crippen LogP contribution in [0.4, 0.5) is 20.3 Å². The number of hydrogen-bond donors (Lipinski definition) is 2. The highest BCUT2D eigenvalue weighted by molar-refractivity contribution is 7.90. The van der Waals surface area contributed by atoms with Crippen molar-refractivity contribution in [2.24, 2.45) is 0 Å². The van der Waals surface area contributed by atoms with Gasteiger partial charge in [0.15, 0.2) is 11.6 Å². The molecular weight excluding hydrogens is 526 g/mol. The number of rotatable bonds is 8. The second-order valence-electron chi connectivity index (χ2n) is 9.32. The number of nitrogens with one attached hydrogen (secondary N) is 2. The average molecular weight is 555 g/mol. The molecule has 3 aromatic rings. The number of allylic oxidation sites excluding steroid dienone is 2. The third-order valence-electron chi connectivity index (χ3n) is 6.94. The molecule has 1 aliphatic heterocycles. The fourth-order valence-electron chi connectivity index (χ4n) is 4.57. The highest BCUT2D eigenvalue weighted by Crippen LogP contribution is 2.35. The Morgan fingerprint density at radius 1 is 1.10 bits per heavy atom. The predicted octanol–water partition coefficient (Wildman–Crippen LogP) is 3.26. The summed E-state index contributed by atoms with van der Waals surface area (Å²) >= 11 is 0.